The van der Waals surface area contributed by atoms with Gasteiger partial charge in [0.1, 0.15) is 6.10 Å². The molecule has 1 unspecified atom stereocenters. The van der Waals surface area contributed by atoms with Crippen molar-refractivity contribution < 1.29 is 9.90 Å². The molecule has 1 aromatic carbocycles. The largest absolute Gasteiger partial charge is 0.386 e. The number of guanidine groups is 1. The number of hydrogen-bond donors (Lipinski definition) is 4. The fourth-order valence-electron chi connectivity index (χ4n) is 2.35. The predicted molar refractivity (Wildman–Crippen MR) is 124 cm³/mol. The maximum Gasteiger partial charge on any atom is 0.222 e. The van der Waals surface area contributed by atoms with E-state index >= 15 is 0 Å². The molecule has 0 aliphatic rings. The summed E-state index contributed by atoms with van der Waals surface area (Å²) in [6.45, 7) is 7.82. The molecule has 4 N–H and O–H groups in total. The minimum atomic E-state index is -0.636. The van der Waals surface area contributed by atoms with Crippen LogP contribution in [0.2, 0.25) is 0 Å². The Balaban J connectivity index is 0.00000364. The third kappa shape index (κ3) is 7.63. The number of benzene rings is 1. The van der Waals surface area contributed by atoms with Crippen molar-refractivity contribution >= 4 is 57.3 Å². The second-order valence-corrected chi connectivity index (χ2v) is 7.41. The number of carbonyl (C=O) groups is 1. The Morgan fingerprint density at radius 1 is 1.19 bits per heavy atom. The average Bonchev–Trinajstić information content (AvgIpc) is 3.06. The van der Waals surface area contributed by atoms with Gasteiger partial charge in [-0.2, -0.15) is 0 Å². The highest BCUT2D eigenvalue weighted by molar-refractivity contribution is 14.0. The minimum Gasteiger partial charge on any atom is -0.386 e. The molecule has 8 heteroatoms. The molecule has 1 atom stereocenters. The van der Waals surface area contributed by atoms with Crippen LogP contribution in [-0.4, -0.2) is 43.2 Å². The molecule has 1 aromatic heterocycles. The van der Waals surface area contributed by atoms with Gasteiger partial charge in [0.25, 0.3) is 0 Å². The lowest BCUT2D eigenvalue weighted by Crippen LogP contribution is -2.42. The van der Waals surface area contributed by atoms with Gasteiger partial charge in [0.05, 0.1) is 6.54 Å². The zero-order valence-corrected chi connectivity index (χ0v) is 19.1. The van der Waals surface area contributed by atoms with Crippen LogP contribution in [0.25, 0.3) is 10.1 Å². The number of fused-ring (bicyclic) bond motifs is 1. The van der Waals surface area contributed by atoms with Crippen molar-refractivity contribution in [3.8, 4) is 0 Å². The third-order valence-electron chi connectivity index (χ3n) is 3.78. The van der Waals surface area contributed by atoms with E-state index in [1.807, 2.05) is 45.0 Å². The predicted octanol–water partition coefficient (Wildman–Crippen LogP) is 2.88. The van der Waals surface area contributed by atoms with E-state index in [9.17, 15) is 9.90 Å². The quantitative estimate of drug-likeness (QED) is 0.193. The van der Waals surface area contributed by atoms with Crippen LogP contribution in [0.5, 0.6) is 0 Å². The lowest BCUT2D eigenvalue weighted by Gasteiger charge is -2.13. The first-order valence-corrected chi connectivity index (χ1v) is 9.79. The summed E-state index contributed by atoms with van der Waals surface area (Å²) in [7, 11) is 0. The average molecular weight is 504 g/mol. The van der Waals surface area contributed by atoms with Gasteiger partial charge in [-0.25, -0.2) is 0 Å². The molecular formula is C19H29IN4O2S. The van der Waals surface area contributed by atoms with Crippen LogP contribution in [-0.2, 0) is 4.79 Å². The van der Waals surface area contributed by atoms with Gasteiger partial charge >= 0.3 is 0 Å². The molecule has 27 heavy (non-hydrogen) atoms. The maximum absolute atomic E-state index is 11.5. The molecule has 2 aromatic rings. The standard InChI is InChI=1S/C19H28N4O2S.HI/c1-4-20-19(22-10-9-21-18(25)13(2)3)23-12-15(24)17-11-14-7-5-6-8-16(14)26-17;/h5-8,11,13,15,24H,4,9-10,12H2,1-3H3,(H,21,25)(H2,20,22,23);1H. The molecule has 6 nitrogen and oxygen atoms in total. The van der Waals surface area contributed by atoms with Crippen LogP contribution >= 0.6 is 35.3 Å². The molecule has 0 saturated carbocycles. The second-order valence-electron chi connectivity index (χ2n) is 6.29. The SMILES string of the molecule is CCNC(=NCC(O)c1cc2ccccc2s1)NCCNC(=O)C(C)C.I. The number of aliphatic imine (C=N–C) groups is 1. The van der Waals surface area contributed by atoms with Gasteiger partial charge in [0.15, 0.2) is 5.96 Å². The van der Waals surface area contributed by atoms with Crippen molar-refractivity contribution in [3.63, 3.8) is 0 Å². The van der Waals surface area contributed by atoms with Crippen molar-refractivity contribution in [1.29, 1.82) is 0 Å². The maximum atomic E-state index is 11.5. The number of hydrogen-bond acceptors (Lipinski definition) is 4. The lowest BCUT2D eigenvalue weighted by molar-refractivity contribution is -0.123. The number of nitrogens with one attached hydrogen (secondary N) is 3. The summed E-state index contributed by atoms with van der Waals surface area (Å²) in [5.41, 5.74) is 0. The van der Waals surface area contributed by atoms with E-state index in [0.717, 1.165) is 21.5 Å². The van der Waals surface area contributed by atoms with Crippen molar-refractivity contribution in [3.05, 3.63) is 35.2 Å². The van der Waals surface area contributed by atoms with Crippen molar-refractivity contribution in [1.82, 2.24) is 16.0 Å². The summed E-state index contributed by atoms with van der Waals surface area (Å²) in [5, 5.41) is 20.7. The molecule has 0 fully saturated rings. The first-order chi connectivity index (χ1) is 12.5. The summed E-state index contributed by atoms with van der Waals surface area (Å²) >= 11 is 1.59. The number of halogens is 1. The van der Waals surface area contributed by atoms with Gasteiger partial charge in [-0.1, -0.05) is 32.0 Å². The summed E-state index contributed by atoms with van der Waals surface area (Å²) in [5.74, 6) is 0.647. The highest BCUT2D eigenvalue weighted by atomic mass is 127. The normalized spacial score (nSPS) is 12.6. The Kier molecular flexibility index (Phi) is 10.6. The summed E-state index contributed by atoms with van der Waals surface area (Å²) in [4.78, 5) is 16.9. The Bertz CT molecular complexity index is 715. The number of nitrogens with zero attached hydrogens (tertiary/aromatic N) is 1. The molecule has 1 amide bonds. The van der Waals surface area contributed by atoms with Gasteiger partial charge in [-0.15, -0.1) is 35.3 Å². The van der Waals surface area contributed by atoms with Crippen molar-refractivity contribution in [2.45, 2.75) is 26.9 Å². The van der Waals surface area contributed by atoms with Gasteiger partial charge in [-0.3, -0.25) is 9.79 Å². The molecule has 0 aliphatic carbocycles. The number of amides is 1. The van der Waals surface area contributed by atoms with Gasteiger partial charge < -0.3 is 21.1 Å². The number of rotatable bonds is 8. The molecule has 0 aliphatic heterocycles. The smallest absolute Gasteiger partial charge is 0.222 e. The van der Waals surface area contributed by atoms with Gasteiger partial charge in [-0.05, 0) is 24.4 Å². The van der Waals surface area contributed by atoms with E-state index in [2.05, 4.69) is 27.0 Å². The van der Waals surface area contributed by atoms with E-state index in [1.54, 1.807) is 11.3 Å². The van der Waals surface area contributed by atoms with Crippen molar-refractivity contribution in [2.24, 2.45) is 10.9 Å². The zero-order valence-electron chi connectivity index (χ0n) is 16.0. The van der Waals surface area contributed by atoms with Crippen LogP contribution in [0.4, 0.5) is 0 Å². The van der Waals surface area contributed by atoms with Gasteiger partial charge in [0, 0.05) is 35.1 Å². The molecular weight excluding hydrogens is 475 g/mol. The molecule has 0 bridgehead atoms. The number of aliphatic hydroxyl groups is 1. The fraction of sp³-hybridized carbons (Fsp3) is 0.474. The van der Waals surface area contributed by atoms with E-state index in [-0.39, 0.29) is 42.3 Å². The summed E-state index contributed by atoms with van der Waals surface area (Å²) in [6, 6.07) is 10.1. The van der Waals surface area contributed by atoms with E-state index in [1.165, 1.54) is 0 Å². The molecule has 0 saturated heterocycles. The second kappa shape index (κ2) is 12.1. The molecule has 150 valence electrons. The topological polar surface area (TPSA) is 85.8 Å². The van der Waals surface area contributed by atoms with Crippen LogP contribution in [0, 0.1) is 5.92 Å². The van der Waals surface area contributed by atoms with Crippen LogP contribution in [0.3, 0.4) is 0 Å². The van der Waals surface area contributed by atoms with E-state index in [4.69, 9.17) is 0 Å². The lowest BCUT2D eigenvalue weighted by atomic mass is 10.2. The first-order valence-electron chi connectivity index (χ1n) is 8.97. The zero-order chi connectivity index (χ0) is 18.9. The van der Waals surface area contributed by atoms with Crippen LogP contribution in [0.1, 0.15) is 31.8 Å². The van der Waals surface area contributed by atoms with E-state index in [0.29, 0.717) is 19.0 Å². The van der Waals surface area contributed by atoms with Crippen LogP contribution in [0.15, 0.2) is 35.3 Å². The number of aliphatic hydroxyl groups excluding tert-OH is 1. The Hall–Kier alpha value is -1.39. The van der Waals surface area contributed by atoms with E-state index < -0.39 is 6.10 Å². The molecule has 0 radical (unpaired) electrons. The Morgan fingerprint density at radius 3 is 2.56 bits per heavy atom. The highest BCUT2D eigenvalue weighted by Crippen LogP contribution is 2.29. The third-order valence-corrected chi connectivity index (χ3v) is 5.00. The number of thiophene rings is 1. The summed E-state index contributed by atoms with van der Waals surface area (Å²) < 4.78 is 1.16. The summed E-state index contributed by atoms with van der Waals surface area (Å²) in [6.07, 6.45) is -0.636. The van der Waals surface area contributed by atoms with Gasteiger partial charge in [0.2, 0.25) is 5.91 Å². The molecule has 0 spiro atoms. The molecule has 2 rings (SSSR count). The monoisotopic (exact) mass is 504 g/mol. The highest BCUT2D eigenvalue weighted by Gasteiger charge is 2.11. The number of carbonyl (C=O) groups excluding carboxylic acids is 1. The minimum absolute atomic E-state index is 0. The van der Waals surface area contributed by atoms with Crippen LogP contribution < -0.4 is 16.0 Å². The Labute approximate surface area is 181 Å². The molecule has 1 heterocycles. The fourth-order valence-corrected chi connectivity index (χ4v) is 3.39. The Morgan fingerprint density at radius 2 is 1.89 bits per heavy atom. The first kappa shape index (κ1) is 23.6. The van der Waals surface area contributed by atoms with Crippen molar-refractivity contribution in [2.75, 3.05) is 26.2 Å².